The average Bonchev–Trinajstić information content (AvgIpc) is 2.39. The predicted molar refractivity (Wildman–Crippen MR) is 75.1 cm³/mol. The molecule has 1 heterocycles. The van der Waals surface area contributed by atoms with Crippen molar-refractivity contribution in [1.82, 2.24) is 9.71 Å². The number of hydrogen-bond donors (Lipinski definition) is 2. The molecule has 0 fully saturated rings. The van der Waals surface area contributed by atoms with Gasteiger partial charge in [0.2, 0.25) is 10.0 Å². The van der Waals surface area contributed by atoms with Crippen molar-refractivity contribution in [3.8, 4) is 0 Å². The lowest BCUT2D eigenvalue weighted by atomic mass is 10.3. The van der Waals surface area contributed by atoms with Gasteiger partial charge in [-0.05, 0) is 29.2 Å². The number of nitrogens with zero attached hydrogens (tertiary/aromatic N) is 2. The van der Waals surface area contributed by atoms with Crippen LogP contribution >= 0.6 is 11.8 Å². The smallest absolute Gasteiger partial charge is 0.363 e. The molecule has 10 heteroatoms. The monoisotopic (exact) mass is 321 g/mol. The number of sulfonamides is 1. The Hall–Kier alpha value is -1.23. The zero-order valence-electron chi connectivity index (χ0n) is 10.9. The lowest BCUT2D eigenvalue weighted by molar-refractivity contribution is -0.389. The second-order valence-electron chi connectivity index (χ2n) is 3.98. The van der Waals surface area contributed by atoms with Crippen LogP contribution in [0.5, 0.6) is 0 Å². The fraction of sp³-hybridized carbons (Fsp3) is 0.500. The highest BCUT2D eigenvalue weighted by Crippen LogP contribution is 2.16. The Bertz CT molecular complexity index is 557. The third kappa shape index (κ3) is 4.13. The minimum atomic E-state index is -3.83. The van der Waals surface area contributed by atoms with Crippen molar-refractivity contribution in [2.24, 2.45) is 0 Å². The molecule has 112 valence electrons. The summed E-state index contributed by atoms with van der Waals surface area (Å²) in [6.45, 7) is 1.47. The zero-order valence-corrected chi connectivity index (χ0v) is 12.5. The van der Waals surface area contributed by atoms with Crippen LogP contribution in [0.1, 0.15) is 6.92 Å². The Kier molecular flexibility index (Phi) is 5.87. The Morgan fingerprint density at radius 2 is 2.20 bits per heavy atom. The van der Waals surface area contributed by atoms with Gasteiger partial charge in [0, 0.05) is 17.4 Å². The minimum absolute atomic E-state index is 0.159. The van der Waals surface area contributed by atoms with E-state index in [0.29, 0.717) is 0 Å². The van der Waals surface area contributed by atoms with Crippen molar-refractivity contribution in [3.05, 3.63) is 28.4 Å². The van der Waals surface area contributed by atoms with Gasteiger partial charge in [-0.15, -0.1) is 0 Å². The first-order valence-corrected chi connectivity index (χ1v) is 8.35. The number of pyridine rings is 1. The third-order valence-corrected chi connectivity index (χ3v) is 5.31. The molecule has 8 nitrogen and oxygen atoms in total. The lowest BCUT2D eigenvalue weighted by Gasteiger charge is -2.20. The second kappa shape index (κ2) is 6.97. The van der Waals surface area contributed by atoms with Crippen molar-refractivity contribution in [2.45, 2.75) is 23.1 Å². The first kappa shape index (κ1) is 16.8. The van der Waals surface area contributed by atoms with Gasteiger partial charge in [-0.25, -0.2) is 13.1 Å². The van der Waals surface area contributed by atoms with E-state index in [9.17, 15) is 18.5 Å². The summed E-state index contributed by atoms with van der Waals surface area (Å²) in [4.78, 5) is 13.1. The van der Waals surface area contributed by atoms with E-state index in [4.69, 9.17) is 5.11 Å². The van der Waals surface area contributed by atoms with E-state index < -0.39 is 26.8 Å². The molecule has 0 spiro atoms. The van der Waals surface area contributed by atoms with Gasteiger partial charge in [0.25, 0.3) is 0 Å². The number of aliphatic hydroxyl groups excluding tert-OH is 1. The summed E-state index contributed by atoms with van der Waals surface area (Å²) in [6.07, 6.45) is 2.69. The molecule has 0 saturated carbocycles. The first-order valence-electron chi connectivity index (χ1n) is 5.58. The molecule has 0 aliphatic carbocycles. The number of aromatic nitrogens is 1. The van der Waals surface area contributed by atoms with E-state index >= 15 is 0 Å². The molecule has 1 rings (SSSR count). The molecule has 2 N–H and O–H groups in total. The summed E-state index contributed by atoms with van der Waals surface area (Å²) in [7, 11) is -3.83. The van der Waals surface area contributed by atoms with Gasteiger partial charge in [-0.2, -0.15) is 11.8 Å². The highest BCUT2D eigenvalue weighted by Gasteiger charge is 2.24. The van der Waals surface area contributed by atoms with Crippen molar-refractivity contribution < 1.29 is 18.4 Å². The normalized spacial score (nSPS) is 14.8. The number of hydrogen-bond acceptors (Lipinski definition) is 7. The van der Waals surface area contributed by atoms with Crippen LogP contribution in [0.3, 0.4) is 0 Å². The Labute approximate surface area is 120 Å². The van der Waals surface area contributed by atoms with Gasteiger partial charge in [-0.1, -0.05) is 0 Å². The van der Waals surface area contributed by atoms with E-state index in [-0.39, 0.29) is 16.8 Å². The van der Waals surface area contributed by atoms with E-state index in [0.717, 1.165) is 18.3 Å². The number of thioether (sulfide) groups is 1. The van der Waals surface area contributed by atoms with Gasteiger partial charge in [-0.3, -0.25) is 0 Å². The van der Waals surface area contributed by atoms with E-state index in [1.165, 1.54) is 11.8 Å². The minimum Gasteiger partial charge on any atom is -0.395 e. The topological polar surface area (TPSA) is 122 Å². The summed E-state index contributed by atoms with van der Waals surface area (Å²) in [5.74, 6) is -0.422. The SMILES string of the molecule is CSC(CO)C(C)NS(=O)(=O)c1ccc([N+](=O)[O-])nc1. The number of nitro groups is 1. The summed E-state index contributed by atoms with van der Waals surface area (Å²) in [5.41, 5.74) is 0. The molecule has 1 aromatic rings. The maximum Gasteiger partial charge on any atom is 0.363 e. The summed E-state index contributed by atoms with van der Waals surface area (Å²) in [5, 5.41) is 19.3. The third-order valence-electron chi connectivity index (χ3n) is 2.60. The molecular weight excluding hydrogens is 306 g/mol. The van der Waals surface area contributed by atoms with Crippen LogP contribution in [-0.2, 0) is 10.0 Å². The largest absolute Gasteiger partial charge is 0.395 e. The quantitative estimate of drug-likeness (QED) is 0.550. The van der Waals surface area contributed by atoms with Gasteiger partial charge in [0.1, 0.15) is 4.90 Å². The van der Waals surface area contributed by atoms with Crippen LogP contribution in [0, 0.1) is 10.1 Å². The van der Waals surface area contributed by atoms with Crippen LogP contribution in [0.2, 0.25) is 0 Å². The van der Waals surface area contributed by atoms with Gasteiger partial charge in [0.15, 0.2) is 6.20 Å². The Balaban J connectivity index is 2.91. The summed E-state index contributed by atoms with van der Waals surface area (Å²) >= 11 is 1.34. The Morgan fingerprint density at radius 3 is 2.60 bits per heavy atom. The molecule has 20 heavy (non-hydrogen) atoms. The fourth-order valence-electron chi connectivity index (χ4n) is 1.46. The number of rotatable bonds is 7. The number of aliphatic hydroxyl groups is 1. The average molecular weight is 321 g/mol. The molecule has 0 aliphatic heterocycles. The molecule has 0 saturated heterocycles. The maximum absolute atomic E-state index is 12.0. The van der Waals surface area contributed by atoms with E-state index in [2.05, 4.69) is 9.71 Å². The molecule has 0 aromatic carbocycles. The molecule has 2 unspecified atom stereocenters. The molecule has 0 aliphatic rings. The highest BCUT2D eigenvalue weighted by molar-refractivity contribution is 7.99. The van der Waals surface area contributed by atoms with Gasteiger partial charge >= 0.3 is 5.82 Å². The second-order valence-corrected chi connectivity index (χ2v) is 6.77. The van der Waals surface area contributed by atoms with Gasteiger partial charge in [0.05, 0.1) is 6.61 Å². The lowest BCUT2D eigenvalue weighted by Crippen LogP contribution is -2.41. The summed E-state index contributed by atoms with van der Waals surface area (Å²) < 4.78 is 26.5. The van der Waals surface area contributed by atoms with Crippen LogP contribution in [-0.4, -0.2) is 47.6 Å². The molecule has 1 aromatic heterocycles. The van der Waals surface area contributed by atoms with Crippen LogP contribution in [0.4, 0.5) is 5.82 Å². The standard InChI is InChI=1S/C10H15N3O5S2/c1-7(9(6-14)19-2)12-20(17,18)8-3-4-10(11-5-8)13(15)16/h3-5,7,9,12,14H,6H2,1-2H3. The Morgan fingerprint density at radius 1 is 1.55 bits per heavy atom. The molecule has 0 bridgehead atoms. The molecular formula is C10H15N3O5S2. The van der Waals surface area contributed by atoms with Crippen molar-refractivity contribution in [3.63, 3.8) is 0 Å². The number of nitrogens with one attached hydrogen (secondary N) is 1. The predicted octanol–water partition coefficient (Wildman–Crippen LogP) is 0.380. The van der Waals surface area contributed by atoms with Crippen molar-refractivity contribution >= 4 is 27.6 Å². The van der Waals surface area contributed by atoms with Crippen molar-refractivity contribution in [1.29, 1.82) is 0 Å². The van der Waals surface area contributed by atoms with E-state index in [1.807, 2.05) is 0 Å². The van der Waals surface area contributed by atoms with E-state index in [1.54, 1.807) is 13.2 Å². The summed E-state index contributed by atoms with van der Waals surface area (Å²) in [6, 6.07) is 1.65. The molecule has 0 amide bonds. The maximum atomic E-state index is 12.0. The zero-order chi connectivity index (χ0) is 15.3. The molecule has 0 radical (unpaired) electrons. The first-order chi connectivity index (χ1) is 9.31. The van der Waals surface area contributed by atoms with Gasteiger partial charge < -0.3 is 15.2 Å². The fourth-order valence-corrected chi connectivity index (χ4v) is 3.40. The van der Waals surface area contributed by atoms with Crippen LogP contribution in [0.15, 0.2) is 23.2 Å². The van der Waals surface area contributed by atoms with Crippen molar-refractivity contribution in [2.75, 3.05) is 12.9 Å². The van der Waals surface area contributed by atoms with Crippen LogP contribution < -0.4 is 4.72 Å². The highest BCUT2D eigenvalue weighted by atomic mass is 32.2. The van der Waals surface area contributed by atoms with Crippen LogP contribution in [0.25, 0.3) is 0 Å². The molecule has 2 atom stereocenters.